The number of aromatic nitrogens is 1. The van der Waals surface area contributed by atoms with E-state index >= 15 is 0 Å². The molecule has 13 heteroatoms. The molecular formula is C30H21ClF3N3O4S2. The third-order valence-electron chi connectivity index (χ3n) is 7.35. The molecule has 0 spiro atoms. The number of thioether (sulfide) groups is 1. The summed E-state index contributed by atoms with van der Waals surface area (Å²) in [5, 5.41) is 2.38. The second-order valence-electron chi connectivity index (χ2n) is 10.2. The van der Waals surface area contributed by atoms with Crippen molar-refractivity contribution >= 4 is 63.8 Å². The fourth-order valence-corrected chi connectivity index (χ4v) is 8.25. The van der Waals surface area contributed by atoms with Crippen LogP contribution in [0.4, 0.5) is 24.5 Å². The second-order valence-corrected chi connectivity index (χ2v) is 12.8. The summed E-state index contributed by atoms with van der Waals surface area (Å²) >= 11 is 8.05. The van der Waals surface area contributed by atoms with Crippen molar-refractivity contribution in [3.05, 3.63) is 109 Å². The molecule has 0 bridgehead atoms. The molecule has 43 heavy (non-hydrogen) atoms. The molecule has 2 aliphatic rings. The summed E-state index contributed by atoms with van der Waals surface area (Å²) in [4.78, 5) is 55.1. The summed E-state index contributed by atoms with van der Waals surface area (Å²) in [6, 6.07) is 18.0. The second kappa shape index (κ2) is 11.0. The maximum Gasteiger partial charge on any atom is 0.416 e. The van der Waals surface area contributed by atoms with Gasteiger partial charge in [-0.25, -0.2) is 4.90 Å². The van der Waals surface area contributed by atoms with Crippen LogP contribution >= 0.6 is 34.7 Å². The first-order valence-corrected chi connectivity index (χ1v) is 15.1. The van der Waals surface area contributed by atoms with Gasteiger partial charge in [0.1, 0.15) is 11.8 Å². The molecule has 0 saturated carbocycles. The van der Waals surface area contributed by atoms with E-state index in [2.05, 4.69) is 5.32 Å². The first-order chi connectivity index (χ1) is 20.4. The molecule has 1 aromatic heterocycles. The summed E-state index contributed by atoms with van der Waals surface area (Å²) in [6.07, 6.45) is -4.59. The maximum absolute atomic E-state index is 13.9. The zero-order chi connectivity index (χ0) is 30.6. The van der Waals surface area contributed by atoms with Crippen molar-refractivity contribution in [3.8, 4) is 0 Å². The van der Waals surface area contributed by atoms with Crippen molar-refractivity contribution in [1.29, 1.82) is 0 Å². The molecule has 3 aromatic carbocycles. The maximum atomic E-state index is 13.9. The van der Waals surface area contributed by atoms with Crippen LogP contribution < -0.4 is 15.1 Å². The number of fused-ring (bicyclic) bond motifs is 2. The topological polar surface area (TPSA) is 88.5 Å². The summed E-state index contributed by atoms with van der Waals surface area (Å²) < 4.78 is 40.7. The molecule has 0 radical (unpaired) electrons. The highest BCUT2D eigenvalue weighted by Gasteiger charge is 2.56. The van der Waals surface area contributed by atoms with Gasteiger partial charge < -0.3 is 5.32 Å². The van der Waals surface area contributed by atoms with Gasteiger partial charge in [0.15, 0.2) is 0 Å². The summed E-state index contributed by atoms with van der Waals surface area (Å²) in [7, 11) is 0. The lowest BCUT2D eigenvalue weighted by Crippen LogP contribution is -2.33. The van der Waals surface area contributed by atoms with Crippen LogP contribution in [0.15, 0.2) is 82.6 Å². The number of nitrogens with one attached hydrogen (secondary N) is 1. The van der Waals surface area contributed by atoms with E-state index in [1.165, 1.54) is 21.6 Å². The van der Waals surface area contributed by atoms with Gasteiger partial charge in [-0.15, -0.1) is 0 Å². The van der Waals surface area contributed by atoms with Crippen molar-refractivity contribution in [2.24, 2.45) is 5.92 Å². The smallest absolute Gasteiger partial charge is 0.325 e. The van der Waals surface area contributed by atoms with Crippen LogP contribution in [-0.4, -0.2) is 27.5 Å². The highest BCUT2D eigenvalue weighted by atomic mass is 35.5. The fraction of sp³-hybridized carbons (Fsp3) is 0.200. The number of alkyl halides is 3. The number of hydrogen-bond donors (Lipinski definition) is 1. The number of nitrogens with zero attached hydrogens (tertiary/aromatic N) is 2. The van der Waals surface area contributed by atoms with Crippen LogP contribution in [0.25, 0.3) is 0 Å². The van der Waals surface area contributed by atoms with E-state index < -0.39 is 58.0 Å². The fourth-order valence-electron chi connectivity index (χ4n) is 5.35. The molecule has 3 amide bonds. The zero-order valence-electron chi connectivity index (χ0n) is 22.2. The molecule has 220 valence electrons. The van der Waals surface area contributed by atoms with Crippen molar-refractivity contribution < 1.29 is 27.6 Å². The number of carbonyl (C=O) groups excluding carboxylic acids is 3. The molecule has 3 heterocycles. The number of aryl methyl sites for hydroxylation is 1. The lowest BCUT2D eigenvalue weighted by Gasteiger charge is -2.30. The van der Waals surface area contributed by atoms with Gasteiger partial charge in [-0.1, -0.05) is 70.6 Å². The predicted octanol–water partition coefficient (Wildman–Crippen LogP) is 6.32. The molecule has 7 nitrogen and oxygen atoms in total. The molecular weight excluding hydrogens is 623 g/mol. The largest absolute Gasteiger partial charge is 0.416 e. The molecule has 3 atom stereocenters. The number of hydrogen-bond acceptors (Lipinski definition) is 6. The Labute approximate surface area is 256 Å². The van der Waals surface area contributed by atoms with Crippen LogP contribution in [0, 0.1) is 12.8 Å². The van der Waals surface area contributed by atoms with Gasteiger partial charge in [-0.3, -0.25) is 23.7 Å². The lowest BCUT2D eigenvalue weighted by molar-refractivity contribution is -0.137. The van der Waals surface area contributed by atoms with E-state index in [0.717, 1.165) is 40.8 Å². The Morgan fingerprint density at radius 2 is 1.67 bits per heavy atom. The Balaban J connectivity index is 1.37. The number of halogens is 4. The molecule has 2 unspecified atom stereocenters. The Morgan fingerprint density at radius 1 is 0.977 bits per heavy atom. The third kappa shape index (κ3) is 5.39. The van der Waals surface area contributed by atoms with Gasteiger partial charge in [0.2, 0.25) is 17.7 Å². The Hall–Kier alpha value is -3.87. The van der Waals surface area contributed by atoms with Crippen molar-refractivity contribution in [3.63, 3.8) is 0 Å². The van der Waals surface area contributed by atoms with Gasteiger partial charge in [0, 0.05) is 21.5 Å². The van der Waals surface area contributed by atoms with E-state index in [-0.39, 0.29) is 5.69 Å². The molecule has 6 rings (SSSR count). The molecule has 1 fully saturated rings. The number of thiazole rings is 1. The van der Waals surface area contributed by atoms with Gasteiger partial charge in [-0.05, 0) is 55.0 Å². The van der Waals surface area contributed by atoms with Gasteiger partial charge >= 0.3 is 11.0 Å². The van der Waals surface area contributed by atoms with Crippen molar-refractivity contribution in [2.45, 2.75) is 35.8 Å². The van der Waals surface area contributed by atoms with Gasteiger partial charge in [0.25, 0.3) is 0 Å². The number of benzene rings is 3. The van der Waals surface area contributed by atoms with Crippen LogP contribution in [0.5, 0.6) is 0 Å². The standard InChI is InChI=1S/C30H21ClF3N3O4S2/c1-15-5-11-20(12-6-15)37-26(39)23-22(16-7-9-18(31)10-8-16)25-28(42-24(23)27(37)40)36(29(41)43-25)14-21(38)35-19-4-2-3-17(13-19)30(32,33)34/h2-13,22-24H,14H2,1H3,(H,35,38)/t22-,23?,24?/m1/s1. The first kappa shape index (κ1) is 29.2. The number of carbonyl (C=O) groups is 3. The van der Waals surface area contributed by atoms with E-state index in [1.54, 1.807) is 48.5 Å². The zero-order valence-corrected chi connectivity index (χ0v) is 24.6. The summed E-state index contributed by atoms with van der Waals surface area (Å²) in [5.74, 6) is -3.05. The summed E-state index contributed by atoms with van der Waals surface area (Å²) in [5.41, 5.74) is 1.07. The molecule has 4 aromatic rings. The molecule has 2 aliphatic heterocycles. The number of imide groups is 1. The van der Waals surface area contributed by atoms with E-state index in [9.17, 15) is 32.3 Å². The predicted molar refractivity (Wildman–Crippen MR) is 159 cm³/mol. The number of amides is 3. The Kier molecular flexibility index (Phi) is 7.47. The number of anilines is 2. The van der Waals surface area contributed by atoms with Gasteiger partial charge in [-0.2, -0.15) is 13.2 Å². The third-order valence-corrected chi connectivity index (χ3v) is 10.2. The summed E-state index contributed by atoms with van der Waals surface area (Å²) in [6.45, 7) is 1.40. The minimum absolute atomic E-state index is 0.0750. The van der Waals surface area contributed by atoms with Crippen LogP contribution in [0.1, 0.15) is 27.5 Å². The SMILES string of the molecule is Cc1ccc(N2C(=O)C3Sc4c(sc(=O)n4CC(=O)Nc4cccc(C(F)(F)F)c4)[C@H](c4ccc(Cl)cc4)C3C2=O)cc1. The number of rotatable bonds is 5. The van der Waals surface area contributed by atoms with Crippen LogP contribution in [0.2, 0.25) is 5.02 Å². The monoisotopic (exact) mass is 643 g/mol. The van der Waals surface area contributed by atoms with Gasteiger partial charge in [0.05, 0.1) is 22.2 Å². The average Bonchev–Trinajstić information content (AvgIpc) is 3.40. The molecule has 1 N–H and O–H groups in total. The molecule has 1 saturated heterocycles. The van der Waals surface area contributed by atoms with Crippen molar-refractivity contribution in [1.82, 2.24) is 4.57 Å². The van der Waals surface area contributed by atoms with E-state index in [4.69, 9.17) is 11.6 Å². The normalized spacial score (nSPS) is 19.7. The molecule has 0 aliphatic carbocycles. The highest BCUT2D eigenvalue weighted by Crippen LogP contribution is 2.54. The Bertz CT molecular complexity index is 1820. The van der Waals surface area contributed by atoms with Crippen LogP contribution in [-0.2, 0) is 27.1 Å². The highest BCUT2D eigenvalue weighted by molar-refractivity contribution is 8.00. The Morgan fingerprint density at radius 3 is 2.35 bits per heavy atom. The average molecular weight is 644 g/mol. The minimum atomic E-state index is -4.59. The van der Waals surface area contributed by atoms with Crippen molar-refractivity contribution in [2.75, 3.05) is 10.2 Å². The minimum Gasteiger partial charge on any atom is -0.325 e. The van der Waals surface area contributed by atoms with Crippen LogP contribution in [0.3, 0.4) is 0 Å². The lowest BCUT2D eigenvalue weighted by atomic mass is 9.83. The van der Waals surface area contributed by atoms with E-state index in [0.29, 0.717) is 26.2 Å². The quantitative estimate of drug-likeness (QED) is 0.257. The van der Waals surface area contributed by atoms with E-state index in [1.807, 2.05) is 6.92 Å². The first-order valence-electron chi connectivity index (χ1n) is 13.0.